The summed E-state index contributed by atoms with van der Waals surface area (Å²) in [5.41, 5.74) is -0.565. The monoisotopic (exact) mass is 270 g/mol. The lowest BCUT2D eigenvalue weighted by atomic mass is 9.61. The highest BCUT2D eigenvalue weighted by Crippen LogP contribution is 2.47. The molecule has 0 aromatic rings. The van der Waals surface area contributed by atoms with E-state index in [9.17, 15) is 4.79 Å². The van der Waals surface area contributed by atoms with Gasteiger partial charge in [0, 0.05) is 6.42 Å². The van der Waals surface area contributed by atoms with Crippen LogP contribution in [0.25, 0.3) is 0 Å². The van der Waals surface area contributed by atoms with Crippen LogP contribution in [0.5, 0.6) is 0 Å². The van der Waals surface area contributed by atoms with Crippen molar-refractivity contribution < 1.29 is 14.3 Å². The number of hydrogen-bond acceptors (Lipinski definition) is 3. The average Bonchev–Trinajstić information content (AvgIpc) is 2.65. The fraction of sp³-hybridized carbons (Fsp3) is 0.938. The Labute approximate surface area is 118 Å². The van der Waals surface area contributed by atoms with E-state index in [4.69, 9.17) is 9.47 Å². The van der Waals surface area contributed by atoms with Crippen LogP contribution >= 0.6 is 0 Å². The predicted molar refractivity (Wildman–Crippen MR) is 76.7 cm³/mol. The molecule has 1 saturated heterocycles. The van der Waals surface area contributed by atoms with Crippen LogP contribution in [0.3, 0.4) is 0 Å². The maximum absolute atomic E-state index is 12.6. The van der Waals surface area contributed by atoms with Crippen molar-refractivity contribution in [1.29, 1.82) is 0 Å². The molecule has 1 aliphatic heterocycles. The number of ether oxygens (including phenoxy) is 2. The summed E-state index contributed by atoms with van der Waals surface area (Å²) in [5, 5.41) is 0. The molecule has 0 bridgehead atoms. The summed E-state index contributed by atoms with van der Waals surface area (Å²) in [6.45, 7) is 15.5. The number of rotatable bonds is 3. The minimum absolute atomic E-state index is 0.0809. The van der Waals surface area contributed by atoms with Crippen molar-refractivity contribution in [2.75, 3.05) is 6.61 Å². The van der Waals surface area contributed by atoms with E-state index in [0.717, 1.165) is 19.3 Å². The van der Waals surface area contributed by atoms with E-state index in [1.54, 1.807) is 0 Å². The van der Waals surface area contributed by atoms with Gasteiger partial charge in [0.25, 0.3) is 0 Å². The molecule has 1 heterocycles. The first-order valence-electron chi connectivity index (χ1n) is 7.28. The van der Waals surface area contributed by atoms with Crippen molar-refractivity contribution in [2.24, 2.45) is 16.2 Å². The molecule has 112 valence electrons. The summed E-state index contributed by atoms with van der Waals surface area (Å²) in [4.78, 5) is 12.6. The molecule has 0 saturated carbocycles. The lowest BCUT2D eigenvalue weighted by Gasteiger charge is -2.43. The van der Waals surface area contributed by atoms with Gasteiger partial charge in [-0.15, -0.1) is 0 Å². The Morgan fingerprint density at radius 2 is 1.74 bits per heavy atom. The van der Waals surface area contributed by atoms with Crippen LogP contribution in [0.1, 0.15) is 67.7 Å². The van der Waals surface area contributed by atoms with Crippen molar-refractivity contribution >= 4 is 5.97 Å². The Hall–Kier alpha value is -0.570. The fourth-order valence-electron chi connectivity index (χ4n) is 2.59. The minimum atomic E-state index is -0.503. The third-order valence-corrected chi connectivity index (χ3v) is 4.12. The predicted octanol–water partition coefficient (Wildman–Crippen LogP) is 4.15. The van der Waals surface area contributed by atoms with E-state index in [1.807, 2.05) is 6.92 Å². The maximum atomic E-state index is 12.6. The molecule has 0 spiro atoms. The zero-order valence-electron chi connectivity index (χ0n) is 13.6. The van der Waals surface area contributed by atoms with Crippen molar-refractivity contribution in [2.45, 2.75) is 74.0 Å². The molecule has 0 aliphatic carbocycles. The standard InChI is InChI=1S/C16H30O3/c1-14(2,3)11-16(7,15(4,5)6)13(17)19-12-9-8-10-18-12/h12H,8-11H2,1-7H3. The number of hydrogen-bond donors (Lipinski definition) is 0. The molecular weight excluding hydrogens is 240 g/mol. The first kappa shape index (κ1) is 16.5. The summed E-state index contributed by atoms with van der Waals surface area (Å²) >= 11 is 0. The van der Waals surface area contributed by atoms with Crippen LogP contribution in [0.4, 0.5) is 0 Å². The van der Waals surface area contributed by atoms with Crippen LogP contribution < -0.4 is 0 Å². The van der Waals surface area contributed by atoms with Crippen molar-refractivity contribution in [3.8, 4) is 0 Å². The Kier molecular flexibility index (Phi) is 4.71. The number of carbonyl (C=O) groups excluding carboxylic acids is 1. The van der Waals surface area contributed by atoms with E-state index in [0.29, 0.717) is 6.61 Å². The van der Waals surface area contributed by atoms with Gasteiger partial charge >= 0.3 is 5.97 Å². The minimum Gasteiger partial charge on any atom is -0.435 e. The number of carbonyl (C=O) groups is 1. The molecule has 3 nitrogen and oxygen atoms in total. The van der Waals surface area contributed by atoms with Gasteiger partial charge in [-0.05, 0) is 30.6 Å². The molecule has 3 heteroatoms. The van der Waals surface area contributed by atoms with Gasteiger partial charge in [-0.2, -0.15) is 0 Å². The molecule has 0 aromatic carbocycles. The average molecular weight is 270 g/mol. The summed E-state index contributed by atoms with van der Waals surface area (Å²) in [6, 6.07) is 0. The van der Waals surface area contributed by atoms with Crippen molar-refractivity contribution in [1.82, 2.24) is 0 Å². The van der Waals surface area contributed by atoms with Gasteiger partial charge in [-0.3, -0.25) is 4.79 Å². The lowest BCUT2D eigenvalue weighted by Crippen LogP contribution is -2.45. The Bertz CT molecular complexity index is 316. The molecule has 2 unspecified atom stereocenters. The third-order valence-electron chi connectivity index (χ3n) is 4.12. The molecule has 1 fully saturated rings. The van der Waals surface area contributed by atoms with Gasteiger partial charge in [-0.25, -0.2) is 0 Å². The van der Waals surface area contributed by atoms with Crippen LogP contribution in [0.15, 0.2) is 0 Å². The Morgan fingerprint density at radius 1 is 1.16 bits per heavy atom. The van der Waals surface area contributed by atoms with Gasteiger partial charge < -0.3 is 9.47 Å². The molecule has 1 aliphatic rings. The molecule has 2 atom stereocenters. The SMILES string of the molecule is CC(C)(C)CC(C)(C(=O)OC1CCCO1)C(C)(C)C. The summed E-state index contributed by atoms with van der Waals surface area (Å²) in [6.07, 6.45) is 2.26. The largest absolute Gasteiger partial charge is 0.435 e. The molecule has 1 rings (SSSR count). The van der Waals surface area contributed by atoms with Crippen molar-refractivity contribution in [3.05, 3.63) is 0 Å². The van der Waals surface area contributed by atoms with Gasteiger partial charge in [0.2, 0.25) is 6.29 Å². The van der Waals surface area contributed by atoms with Crippen LogP contribution in [-0.2, 0) is 14.3 Å². The highest BCUT2D eigenvalue weighted by atomic mass is 16.7. The second-order valence-corrected chi connectivity index (χ2v) is 8.17. The second kappa shape index (κ2) is 5.43. The summed E-state index contributed by atoms with van der Waals surface area (Å²) in [7, 11) is 0. The van der Waals surface area contributed by atoms with Gasteiger partial charge in [0.05, 0.1) is 12.0 Å². The van der Waals surface area contributed by atoms with E-state index >= 15 is 0 Å². The molecule has 19 heavy (non-hydrogen) atoms. The fourth-order valence-corrected chi connectivity index (χ4v) is 2.59. The lowest BCUT2D eigenvalue weighted by molar-refractivity contribution is -0.190. The molecule has 0 radical (unpaired) electrons. The van der Waals surface area contributed by atoms with E-state index in [2.05, 4.69) is 41.5 Å². The molecule has 0 amide bonds. The maximum Gasteiger partial charge on any atom is 0.314 e. The zero-order valence-corrected chi connectivity index (χ0v) is 13.6. The first-order chi connectivity index (χ1) is 8.46. The van der Waals surface area contributed by atoms with Gasteiger partial charge in [0.1, 0.15) is 0 Å². The normalized spacial score (nSPS) is 24.1. The van der Waals surface area contributed by atoms with Crippen molar-refractivity contribution in [3.63, 3.8) is 0 Å². The zero-order chi connectivity index (χ0) is 14.9. The van der Waals surface area contributed by atoms with Gasteiger partial charge in [-0.1, -0.05) is 41.5 Å². The smallest absolute Gasteiger partial charge is 0.314 e. The molecule has 0 aromatic heterocycles. The summed E-state index contributed by atoms with van der Waals surface area (Å²) in [5.74, 6) is -0.123. The number of esters is 1. The highest BCUT2D eigenvalue weighted by molar-refractivity contribution is 5.77. The van der Waals surface area contributed by atoms with Crippen LogP contribution in [0, 0.1) is 16.2 Å². The van der Waals surface area contributed by atoms with E-state index < -0.39 is 5.41 Å². The third kappa shape index (κ3) is 4.20. The highest BCUT2D eigenvalue weighted by Gasteiger charge is 2.48. The quantitative estimate of drug-likeness (QED) is 0.722. The first-order valence-corrected chi connectivity index (χ1v) is 7.28. The van der Waals surface area contributed by atoms with Crippen LogP contribution in [0.2, 0.25) is 0 Å². The van der Waals surface area contributed by atoms with E-state index in [-0.39, 0.29) is 23.1 Å². The van der Waals surface area contributed by atoms with Crippen LogP contribution in [-0.4, -0.2) is 18.9 Å². The molecular formula is C16H30O3. The second-order valence-electron chi connectivity index (χ2n) is 8.17. The summed E-state index contributed by atoms with van der Waals surface area (Å²) < 4.78 is 11.0. The van der Waals surface area contributed by atoms with E-state index in [1.165, 1.54) is 0 Å². The van der Waals surface area contributed by atoms with Gasteiger partial charge in [0.15, 0.2) is 0 Å². The Morgan fingerprint density at radius 3 is 2.11 bits per heavy atom. The topological polar surface area (TPSA) is 35.5 Å². The Balaban J connectivity index is 2.86. The molecule has 0 N–H and O–H groups in total.